The second-order valence-electron chi connectivity index (χ2n) is 4.34. The average Bonchev–Trinajstić information content (AvgIpc) is 2.26. The van der Waals surface area contributed by atoms with Crippen molar-refractivity contribution in [1.82, 2.24) is 4.90 Å². The van der Waals surface area contributed by atoms with Gasteiger partial charge in [-0.3, -0.25) is 0 Å². The number of piperidine rings is 1. The number of thioether (sulfide) groups is 1. The highest BCUT2D eigenvalue weighted by Gasteiger charge is 2.18. The van der Waals surface area contributed by atoms with Gasteiger partial charge < -0.3 is 4.90 Å². The number of hydrogen-bond acceptors (Lipinski definition) is 2. The van der Waals surface area contributed by atoms with Gasteiger partial charge in [0.15, 0.2) is 0 Å². The molecule has 90 valence electrons. The second-order valence-corrected chi connectivity index (χ2v) is 6.52. The summed E-state index contributed by atoms with van der Waals surface area (Å²) in [6.07, 6.45) is 5.60. The van der Waals surface area contributed by atoms with Crippen LogP contribution in [0, 0.1) is 5.92 Å². The largest absolute Gasteiger partial charge is 0.303 e. The molecule has 0 aromatic carbocycles. The van der Waals surface area contributed by atoms with Crippen molar-refractivity contribution in [1.29, 1.82) is 0 Å². The molecule has 0 spiro atoms. The van der Waals surface area contributed by atoms with Gasteiger partial charge in [-0.1, -0.05) is 22.9 Å². The molecular formula is C12H24BrNS. The Kier molecular flexibility index (Phi) is 8.21. The van der Waals surface area contributed by atoms with E-state index in [0.717, 1.165) is 5.92 Å². The van der Waals surface area contributed by atoms with E-state index in [4.69, 9.17) is 0 Å². The minimum absolute atomic E-state index is 0.956. The number of hydrogen-bond donors (Lipinski definition) is 0. The Hall–Kier alpha value is 0.790. The van der Waals surface area contributed by atoms with Gasteiger partial charge in [0.25, 0.3) is 0 Å². The fourth-order valence-corrected chi connectivity index (χ4v) is 3.55. The van der Waals surface area contributed by atoms with Crippen LogP contribution in [-0.2, 0) is 0 Å². The molecule has 1 rings (SSSR count). The van der Waals surface area contributed by atoms with Crippen molar-refractivity contribution < 1.29 is 0 Å². The van der Waals surface area contributed by atoms with Gasteiger partial charge in [0.2, 0.25) is 0 Å². The number of alkyl halides is 1. The van der Waals surface area contributed by atoms with Gasteiger partial charge in [-0.05, 0) is 56.2 Å². The molecule has 0 N–H and O–H groups in total. The van der Waals surface area contributed by atoms with E-state index in [1.54, 1.807) is 0 Å². The van der Waals surface area contributed by atoms with E-state index in [1.165, 1.54) is 62.2 Å². The molecule has 1 fully saturated rings. The minimum atomic E-state index is 0.956. The first kappa shape index (κ1) is 13.9. The highest BCUT2D eigenvalue weighted by atomic mass is 79.9. The second kappa shape index (κ2) is 8.89. The summed E-state index contributed by atoms with van der Waals surface area (Å²) in [5, 5.41) is 1.18. The molecule has 0 aromatic heterocycles. The molecule has 1 unspecified atom stereocenters. The van der Waals surface area contributed by atoms with Crippen molar-refractivity contribution in [3.63, 3.8) is 0 Å². The van der Waals surface area contributed by atoms with E-state index in [2.05, 4.69) is 39.5 Å². The molecular weight excluding hydrogens is 270 g/mol. The third-order valence-electron chi connectivity index (χ3n) is 3.09. The first-order valence-electron chi connectivity index (χ1n) is 6.23. The van der Waals surface area contributed by atoms with E-state index in [-0.39, 0.29) is 0 Å². The summed E-state index contributed by atoms with van der Waals surface area (Å²) in [7, 11) is 0. The van der Waals surface area contributed by atoms with Crippen LogP contribution < -0.4 is 0 Å². The standard InChI is InChI=1S/C12H24BrNS/c1-2-15-10-4-9-14-8-3-5-12(11-14)6-7-13/h12H,2-11H2,1H3. The molecule has 0 aliphatic carbocycles. The normalized spacial score (nSPS) is 23.2. The molecule has 0 amide bonds. The van der Waals surface area contributed by atoms with Crippen molar-refractivity contribution in [2.45, 2.75) is 32.6 Å². The van der Waals surface area contributed by atoms with Crippen LogP contribution in [0.5, 0.6) is 0 Å². The van der Waals surface area contributed by atoms with Gasteiger partial charge >= 0.3 is 0 Å². The summed E-state index contributed by atoms with van der Waals surface area (Å²) in [6.45, 7) is 6.27. The van der Waals surface area contributed by atoms with Crippen LogP contribution >= 0.6 is 27.7 Å². The zero-order chi connectivity index (χ0) is 10.9. The van der Waals surface area contributed by atoms with E-state index >= 15 is 0 Å². The predicted molar refractivity (Wildman–Crippen MR) is 75.2 cm³/mol. The maximum Gasteiger partial charge on any atom is 0.00344 e. The smallest absolute Gasteiger partial charge is 0.00344 e. The molecule has 1 nitrogen and oxygen atoms in total. The molecule has 1 heterocycles. The molecule has 3 heteroatoms. The number of nitrogens with zero attached hydrogens (tertiary/aromatic N) is 1. The molecule has 15 heavy (non-hydrogen) atoms. The topological polar surface area (TPSA) is 3.24 Å². The Labute approximate surface area is 107 Å². The Bertz CT molecular complexity index is 153. The van der Waals surface area contributed by atoms with Crippen molar-refractivity contribution in [2.75, 3.05) is 36.5 Å². The monoisotopic (exact) mass is 293 g/mol. The first-order chi connectivity index (χ1) is 7.36. The lowest BCUT2D eigenvalue weighted by molar-refractivity contribution is 0.173. The van der Waals surface area contributed by atoms with Crippen molar-refractivity contribution in [3.05, 3.63) is 0 Å². The van der Waals surface area contributed by atoms with E-state index in [0.29, 0.717) is 0 Å². The van der Waals surface area contributed by atoms with Gasteiger partial charge in [-0.25, -0.2) is 0 Å². The van der Waals surface area contributed by atoms with E-state index < -0.39 is 0 Å². The summed E-state index contributed by atoms with van der Waals surface area (Å²) >= 11 is 5.63. The summed E-state index contributed by atoms with van der Waals surface area (Å²) in [5.74, 6) is 3.57. The number of halogens is 1. The van der Waals surface area contributed by atoms with Crippen molar-refractivity contribution in [3.8, 4) is 0 Å². The number of likely N-dealkylation sites (tertiary alicyclic amines) is 1. The summed E-state index contributed by atoms with van der Waals surface area (Å²) in [5.41, 5.74) is 0. The highest BCUT2D eigenvalue weighted by molar-refractivity contribution is 9.09. The molecule has 1 atom stereocenters. The van der Waals surface area contributed by atoms with E-state index in [9.17, 15) is 0 Å². The molecule has 0 radical (unpaired) electrons. The minimum Gasteiger partial charge on any atom is -0.303 e. The molecule has 0 bridgehead atoms. The maximum atomic E-state index is 3.56. The van der Waals surface area contributed by atoms with Crippen LogP contribution in [0.15, 0.2) is 0 Å². The van der Waals surface area contributed by atoms with Gasteiger partial charge in [0.05, 0.1) is 0 Å². The third-order valence-corrected chi connectivity index (χ3v) is 4.53. The lowest BCUT2D eigenvalue weighted by Crippen LogP contribution is -2.36. The fourth-order valence-electron chi connectivity index (χ4n) is 2.28. The van der Waals surface area contributed by atoms with Gasteiger partial charge in [-0.2, -0.15) is 11.8 Å². The van der Waals surface area contributed by atoms with Crippen LogP contribution in [-0.4, -0.2) is 41.4 Å². The Morgan fingerprint density at radius 3 is 3.07 bits per heavy atom. The first-order valence-corrected chi connectivity index (χ1v) is 8.50. The molecule has 1 saturated heterocycles. The van der Waals surface area contributed by atoms with Crippen LogP contribution in [0.3, 0.4) is 0 Å². The molecule has 1 aliphatic heterocycles. The Morgan fingerprint density at radius 1 is 1.47 bits per heavy atom. The number of rotatable bonds is 7. The highest BCUT2D eigenvalue weighted by Crippen LogP contribution is 2.20. The van der Waals surface area contributed by atoms with Crippen molar-refractivity contribution in [2.24, 2.45) is 5.92 Å². The predicted octanol–water partition coefficient (Wildman–Crippen LogP) is 3.63. The van der Waals surface area contributed by atoms with Crippen LogP contribution in [0.4, 0.5) is 0 Å². The Balaban J connectivity index is 2.07. The molecule has 1 aliphatic rings. The van der Waals surface area contributed by atoms with Gasteiger partial charge in [0.1, 0.15) is 0 Å². The van der Waals surface area contributed by atoms with Crippen LogP contribution in [0.25, 0.3) is 0 Å². The lowest BCUT2D eigenvalue weighted by atomic mass is 9.95. The fraction of sp³-hybridized carbons (Fsp3) is 1.00. The zero-order valence-corrected chi connectivity index (χ0v) is 12.3. The molecule has 0 aromatic rings. The molecule has 0 saturated carbocycles. The van der Waals surface area contributed by atoms with Gasteiger partial charge in [-0.15, -0.1) is 0 Å². The third kappa shape index (κ3) is 6.18. The van der Waals surface area contributed by atoms with Crippen LogP contribution in [0.1, 0.15) is 32.6 Å². The average molecular weight is 294 g/mol. The Morgan fingerprint density at radius 2 is 2.33 bits per heavy atom. The van der Waals surface area contributed by atoms with Crippen LogP contribution in [0.2, 0.25) is 0 Å². The summed E-state index contributed by atoms with van der Waals surface area (Å²) in [6, 6.07) is 0. The maximum absolute atomic E-state index is 3.56. The van der Waals surface area contributed by atoms with Crippen molar-refractivity contribution >= 4 is 27.7 Å². The quantitative estimate of drug-likeness (QED) is 0.521. The summed E-state index contributed by atoms with van der Waals surface area (Å²) in [4.78, 5) is 2.67. The van der Waals surface area contributed by atoms with Gasteiger partial charge in [0, 0.05) is 11.9 Å². The SMILES string of the molecule is CCSCCCN1CCCC(CCBr)C1. The summed E-state index contributed by atoms with van der Waals surface area (Å²) < 4.78 is 0. The van der Waals surface area contributed by atoms with E-state index in [1.807, 2.05) is 0 Å². The zero-order valence-electron chi connectivity index (χ0n) is 9.88. The lowest BCUT2D eigenvalue weighted by Gasteiger charge is -2.32.